The molecule has 0 bridgehead atoms. The lowest BCUT2D eigenvalue weighted by Crippen LogP contribution is -2.25. The van der Waals surface area contributed by atoms with Gasteiger partial charge in [0.25, 0.3) is 0 Å². The van der Waals surface area contributed by atoms with Crippen molar-refractivity contribution >= 4 is 11.6 Å². The molecule has 5 heteroatoms. The monoisotopic (exact) mass is 278 g/mol. The predicted molar refractivity (Wildman–Crippen MR) is 78.4 cm³/mol. The maximum absolute atomic E-state index is 12.2. The van der Waals surface area contributed by atoms with Crippen molar-refractivity contribution in [3.8, 4) is 11.5 Å². The van der Waals surface area contributed by atoms with Gasteiger partial charge in [-0.1, -0.05) is 0 Å². The summed E-state index contributed by atoms with van der Waals surface area (Å²) in [7, 11) is 1.60. The third-order valence-electron chi connectivity index (χ3n) is 3.24. The van der Waals surface area contributed by atoms with Gasteiger partial charge in [-0.25, -0.2) is 0 Å². The standard InChI is InChI=1S/C15H22N2O3/c1-10(2)20-14-5-4-12(19-3)8-13(14)17-15(18)11-6-7-16-9-11/h4-5,8,10-11,16H,6-7,9H2,1-3H3,(H,17,18). The van der Waals surface area contributed by atoms with Crippen LogP contribution >= 0.6 is 0 Å². The molecule has 5 nitrogen and oxygen atoms in total. The third kappa shape index (κ3) is 3.63. The minimum absolute atomic E-state index is 0.0214. The second-order valence-electron chi connectivity index (χ2n) is 5.21. The SMILES string of the molecule is COc1ccc(OC(C)C)c(NC(=O)C2CCNC2)c1. The van der Waals surface area contributed by atoms with E-state index in [1.807, 2.05) is 26.0 Å². The molecule has 110 valence electrons. The Morgan fingerprint density at radius 1 is 1.45 bits per heavy atom. The van der Waals surface area contributed by atoms with Crippen LogP contribution in [0.4, 0.5) is 5.69 Å². The van der Waals surface area contributed by atoms with Crippen molar-refractivity contribution in [2.45, 2.75) is 26.4 Å². The minimum atomic E-state index is 0.0214. The maximum Gasteiger partial charge on any atom is 0.228 e. The van der Waals surface area contributed by atoms with Crippen LogP contribution in [-0.4, -0.2) is 32.2 Å². The van der Waals surface area contributed by atoms with Crippen molar-refractivity contribution in [3.05, 3.63) is 18.2 Å². The molecule has 1 aromatic carbocycles. The third-order valence-corrected chi connectivity index (χ3v) is 3.24. The molecule has 1 fully saturated rings. The van der Waals surface area contributed by atoms with Gasteiger partial charge in [-0.05, 0) is 38.9 Å². The molecule has 1 saturated heterocycles. The summed E-state index contributed by atoms with van der Waals surface area (Å²) in [6.45, 7) is 5.54. The number of hydrogen-bond acceptors (Lipinski definition) is 4. The number of carbonyl (C=O) groups excluding carboxylic acids is 1. The largest absolute Gasteiger partial charge is 0.497 e. The molecule has 1 aromatic rings. The van der Waals surface area contributed by atoms with Gasteiger partial charge < -0.3 is 20.1 Å². The molecule has 0 aliphatic carbocycles. The second-order valence-corrected chi connectivity index (χ2v) is 5.21. The molecular formula is C15H22N2O3. The molecule has 0 saturated carbocycles. The van der Waals surface area contributed by atoms with Gasteiger partial charge in [0.05, 0.1) is 24.8 Å². The van der Waals surface area contributed by atoms with Crippen molar-refractivity contribution in [1.29, 1.82) is 0 Å². The zero-order valence-electron chi connectivity index (χ0n) is 12.2. The van der Waals surface area contributed by atoms with Gasteiger partial charge in [0, 0.05) is 12.6 Å². The summed E-state index contributed by atoms with van der Waals surface area (Å²) in [5.41, 5.74) is 0.662. The summed E-state index contributed by atoms with van der Waals surface area (Å²) in [6, 6.07) is 5.43. The number of amides is 1. The first kappa shape index (κ1) is 14.7. The van der Waals surface area contributed by atoms with Crippen molar-refractivity contribution in [2.24, 2.45) is 5.92 Å². The van der Waals surface area contributed by atoms with Crippen molar-refractivity contribution < 1.29 is 14.3 Å². The van der Waals surface area contributed by atoms with Gasteiger partial charge in [-0.15, -0.1) is 0 Å². The topological polar surface area (TPSA) is 59.6 Å². The van der Waals surface area contributed by atoms with E-state index in [9.17, 15) is 4.79 Å². The fourth-order valence-corrected chi connectivity index (χ4v) is 2.20. The van der Waals surface area contributed by atoms with E-state index in [-0.39, 0.29) is 17.9 Å². The smallest absolute Gasteiger partial charge is 0.228 e. The number of nitrogens with one attached hydrogen (secondary N) is 2. The van der Waals surface area contributed by atoms with Crippen LogP contribution in [0.3, 0.4) is 0 Å². The summed E-state index contributed by atoms with van der Waals surface area (Å²) < 4.78 is 10.9. The highest BCUT2D eigenvalue weighted by Crippen LogP contribution is 2.30. The summed E-state index contributed by atoms with van der Waals surface area (Å²) in [6.07, 6.45) is 0.920. The number of rotatable bonds is 5. The van der Waals surface area contributed by atoms with Crippen LogP contribution in [0.25, 0.3) is 0 Å². The first-order valence-corrected chi connectivity index (χ1v) is 6.96. The minimum Gasteiger partial charge on any atom is -0.497 e. The van der Waals surface area contributed by atoms with Gasteiger partial charge in [0.1, 0.15) is 11.5 Å². The van der Waals surface area contributed by atoms with Crippen molar-refractivity contribution in [1.82, 2.24) is 5.32 Å². The van der Waals surface area contributed by atoms with Crippen LogP contribution < -0.4 is 20.1 Å². The highest BCUT2D eigenvalue weighted by molar-refractivity contribution is 5.94. The lowest BCUT2D eigenvalue weighted by molar-refractivity contribution is -0.119. The lowest BCUT2D eigenvalue weighted by atomic mass is 10.1. The molecule has 2 N–H and O–H groups in total. The quantitative estimate of drug-likeness (QED) is 0.865. The van der Waals surface area contributed by atoms with Gasteiger partial charge in [-0.2, -0.15) is 0 Å². The van der Waals surface area contributed by atoms with Crippen LogP contribution in [0.1, 0.15) is 20.3 Å². The summed E-state index contributed by atoms with van der Waals surface area (Å²) in [5, 5.41) is 6.14. The van der Waals surface area contributed by atoms with Crippen molar-refractivity contribution in [3.63, 3.8) is 0 Å². The number of hydrogen-bond donors (Lipinski definition) is 2. The predicted octanol–water partition coefficient (Wildman–Crippen LogP) is 2.03. The molecule has 20 heavy (non-hydrogen) atoms. The Bertz CT molecular complexity index is 468. The highest BCUT2D eigenvalue weighted by atomic mass is 16.5. The van der Waals surface area contributed by atoms with Crippen LogP contribution in [0, 0.1) is 5.92 Å². The number of anilines is 1. The van der Waals surface area contributed by atoms with Gasteiger partial charge in [0.15, 0.2) is 0 Å². The second kappa shape index (κ2) is 6.61. The Kier molecular flexibility index (Phi) is 4.84. The molecule has 1 aliphatic heterocycles. The van der Waals surface area contributed by atoms with Gasteiger partial charge in [0.2, 0.25) is 5.91 Å². The van der Waals surface area contributed by atoms with Crippen LogP contribution in [0.15, 0.2) is 18.2 Å². The summed E-state index contributed by atoms with van der Waals surface area (Å²) >= 11 is 0. The lowest BCUT2D eigenvalue weighted by Gasteiger charge is -2.17. The Morgan fingerprint density at radius 3 is 2.85 bits per heavy atom. The molecule has 0 aromatic heterocycles. The average Bonchev–Trinajstić information content (AvgIpc) is 2.94. The molecule has 1 amide bonds. The molecule has 0 spiro atoms. The van der Waals surface area contributed by atoms with Crippen LogP contribution in [-0.2, 0) is 4.79 Å². The Morgan fingerprint density at radius 2 is 2.25 bits per heavy atom. The first-order valence-electron chi connectivity index (χ1n) is 6.96. The number of methoxy groups -OCH3 is 1. The fraction of sp³-hybridized carbons (Fsp3) is 0.533. The van der Waals surface area contributed by atoms with Gasteiger partial charge in [-0.3, -0.25) is 4.79 Å². The zero-order valence-corrected chi connectivity index (χ0v) is 12.2. The number of benzene rings is 1. The van der Waals surface area contributed by atoms with E-state index in [4.69, 9.17) is 9.47 Å². The van der Waals surface area contributed by atoms with E-state index in [1.165, 1.54) is 0 Å². The van der Waals surface area contributed by atoms with Crippen LogP contribution in [0.2, 0.25) is 0 Å². The maximum atomic E-state index is 12.2. The van der Waals surface area contributed by atoms with Gasteiger partial charge >= 0.3 is 0 Å². The Hall–Kier alpha value is -1.75. The van der Waals surface area contributed by atoms with E-state index in [2.05, 4.69) is 10.6 Å². The zero-order chi connectivity index (χ0) is 14.5. The van der Waals surface area contributed by atoms with E-state index in [0.717, 1.165) is 19.5 Å². The fourth-order valence-electron chi connectivity index (χ4n) is 2.20. The molecule has 1 unspecified atom stereocenters. The molecule has 0 radical (unpaired) electrons. The molecule has 1 atom stereocenters. The molecule has 1 heterocycles. The van der Waals surface area contributed by atoms with E-state index < -0.39 is 0 Å². The van der Waals surface area contributed by atoms with Crippen LogP contribution in [0.5, 0.6) is 11.5 Å². The average molecular weight is 278 g/mol. The number of carbonyl (C=O) groups is 1. The molecule has 2 rings (SSSR count). The Labute approximate surface area is 119 Å². The van der Waals surface area contributed by atoms with E-state index in [0.29, 0.717) is 17.2 Å². The molecule has 1 aliphatic rings. The van der Waals surface area contributed by atoms with Crippen molar-refractivity contribution in [2.75, 3.05) is 25.5 Å². The highest BCUT2D eigenvalue weighted by Gasteiger charge is 2.23. The Balaban J connectivity index is 2.16. The summed E-state index contributed by atoms with van der Waals surface area (Å²) in [4.78, 5) is 12.2. The van der Waals surface area contributed by atoms with E-state index in [1.54, 1.807) is 13.2 Å². The molecular weight excluding hydrogens is 256 g/mol. The summed E-state index contributed by atoms with van der Waals surface area (Å²) in [5.74, 6) is 1.41. The normalized spacial score (nSPS) is 18.1. The first-order chi connectivity index (χ1) is 9.60. The van der Waals surface area contributed by atoms with E-state index >= 15 is 0 Å². The number of ether oxygens (including phenoxy) is 2.